The van der Waals surface area contributed by atoms with Gasteiger partial charge < -0.3 is 13.7 Å². The smallest absolute Gasteiger partial charge is 0.228 e. The molecule has 0 radical (unpaired) electrons. The molecule has 3 heterocycles. The molecule has 0 spiro atoms. The number of oxazole rings is 1. The molecule has 0 aliphatic carbocycles. The van der Waals surface area contributed by atoms with Gasteiger partial charge in [0.2, 0.25) is 5.89 Å². The van der Waals surface area contributed by atoms with E-state index in [2.05, 4.69) is 169 Å². The molecule has 0 saturated carbocycles. The Bertz CT molecular complexity index is 3500. The first-order valence-corrected chi connectivity index (χ1v) is 19.6. The van der Waals surface area contributed by atoms with E-state index in [4.69, 9.17) is 13.8 Å². The number of hydrogen-bond donors (Lipinski definition) is 0. The van der Waals surface area contributed by atoms with Crippen LogP contribution >= 0.6 is 11.3 Å². The Kier molecular flexibility index (Phi) is 6.76. The molecule has 9 aromatic carbocycles. The lowest BCUT2D eigenvalue weighted by Gasteiger charge is -2.26. The molecule has 0 saturated heterocycles. The fourth-order valence-electron chi connectivity index (χ4n) is 8.38. The molecule has 5 heteroatoms. The summed E-state index contributed by atoms with van der Waals surface area (Å²) in [6.45, 7) is 0. The number of hydrogen-bond acceptors (Lipinski definition) is 5. The minimum atomic E-state index is 0.637. The van der Waals surface area contributed by atoms with Crippen LogP contribution in [-0.2, 0) is 0 Å². The summed E-state index contributed by atoms with van der Waals surface area (Å²) in [7, 11) is 0. The third kappa shape index (κ3) is 4.88. The Morgan fingerprint density at radius 3 is 2.00 bits per heavy atom. The highest BCUT2D eigenvalue weighted by Gasteiger charge is 2.20. The predicted octanol–water partition coefficient (Wildman–Crippen LogP) is 15.2. The van der Waals surface area contributed by atoms with Crippen LogP contribution in [0.4, 0.5) is 17.1 Å². The van der Waals surface area contributed by atoms with Gasteiger partial charge in [-0.25, -0.2) is 4.98 Å². The standard InChI is InChI=1S/C51H30N2O2S/c1-2-10-34-28-35(17-16-31(34)8-1)32-18-21-36(22-19-32)53(37-23-25-41-40-12-5-6-14-44(40)54-46(41)29-37)38-24-26-42-48(30-38)56-47-15-7-13-43(49(42)47)51-52-50-39-11-4-3-9-33(39)20-27-45(50)55-51/h1-30H. The summed E-state index contributed by atoms with van der Waals surface area (Å²) in [5.74, 6) is 0.637. The number of furan rings is 1. The summed E-state index contributed by atoms with van der Waals surface area (Å²) < 4.78 is 15.2. The van der Waals surface area contributed by atoms with Gasteiger partial charge in [0.25, 0.3) is 0 Å². The van der Waals surface area contributed by atoms with Crippen molar-refractivity contribution in [2.75, 3.05) is 4.90 Å². The molecular formula is C51H30N2O2S. The minimum Gasteiger partial charge on any atom is -0.456 e. The van der Waals surface area contributed by atoms with Crippen LogP contribution in [0.1, 0.15) is 0 Å². The average molecular weight is 735 g/mol. The molecule has 3 aromatic heterocycles. The van der Waals surface area contributed by atoms with Gasteiger partial charge >= 0.3 is 0 Å². The SMILES string of the molecule is c1ccc2cc(-c3ccc(N(c4ccc5c(c4)oc4ccccc45)c4ccc5c(c4)sc4cccc(-c6nc7c(ccc8ccccc87)o6)c45)cc3)ccc2c1. The van der Waals surface area contributed by atoms with E-state index in [0.717, 1.165) is 71.8 Å². The Morgan fingerprint density at radius 2 is 1.11 bits per heavy atom. The summed E-state index contributed by atoms with van der Waals surface area (Å²) in [6.07, 6.45) is 0. The molecule has 12 aromatic rings. The maximum Gasteiger partial charge on any atom is 0.228 e. The summed E-state index contributed by atoms with van der Waals surface area (Å²) in [5, 5.41) is 9.29. The number of anilines is 3. The van der Waals surface area contributed by atoms with Gasteiger partial charge in [-0.1, -0.05) is 109 Å². The van der Waals surface area contributed by atoms with Crippen molar-refractivity contribution in [3.05, 3.63) is 182 Å². The number of nitrogens with zero attached hydrogens (tertiary/aromatic N) is 2. The second-order valence-electron chi connectivity index (χ2n) is 14.3. The topological polar surface area (TPSA) is 42.4 Å². The molecule has 0 amide bonds. The lowest BCUT2D eigenvalue weighted by molar-refractivity contribution is 0.621. The van der Waals surface area contributed by atoms with Crippen LogP contribution < -0.4 is 4.90 Å². The number of fused-ring (bicyclic) bond motifs is 10. The quantitative estimate of drug-likeness (QED) is 0.177. The molecule has 0 aliphatic rings. The maximum absolute atomic E-state index is 6.46. The number of rotatable bonds is 5. The number of para-hydroxylation sites is 1. The van der Waals surface area contributed by atoms with Crippen molar-refractivity contribution in [2.45, 2.75) is 0 Å². The maximum atomic E-state index is 6.46. The van der Waals surface area contributed by atoms with E-state index in [1.807, 2.05) is 18.2 Å². The Labute approximate surface area is 325 Å². The summed E-state index contributed by atoms with van der Waals surface area (Å²) in [4.78, 5) is 7.40. The highest BCUT2D eigenvalue weighted by atomic mass is 32.1. The summed E-state index contributed by atoms with van der Waals surface area (Å²) >= 11 is 1.79. The third-order valence-electron chi connectivity index (χ3n) is 11.1. The molecule has 0 bridgehead atoms. The van der Waals surface area contributed by atoms with Crippen LogP contribution in [0.15, 0.2) is 191 Å². The first-order chi connectivity index (χ1) is 27.7. The fraction of sp³-hybridized carbons (Fsp3) is 0. The van der Waals surface area contributed by atoms with Crippen molar-refractivity contribution in [1.82, 2.24) is 4.98 Å². The molecule has 0 fully saturated rings. The van der Waals surface area contributed by atoms with Crippen LogP contribution in [-0.4, -0.2) is 4.98 Å². The molecule has 262 valence electrons. The average Bonchev–Trinajstić information content (AvgIpc) is 3.97. The number of benzene rings is 9. The van der Waals surface area contributed by atoms with Crippen LogP contribution in [0.2, 0.25) is 0 Å². The third-order valence-corrected chi connectivity index (χ3v) is 12.2. The molecule has 0 unspecified atom stereocenters. The second kappa shape index (κ2) is 12.2. The molecule has 0 N–H and O–H groups in total. The van der Waals surface area contributed by atoms with E-state index >= 15 is 0 Å². The van der Waals surface area contributed by atoms with Gasteiger partial charge in [-0.2, -0.15) is 0 Å². The van der Waals surface area contributed by atoms with Crippen molar-refractivity contribution >= 4 is 103 Å². The lowest BCUT2D eigenvalue weighted by Crippen LogP contribution is -2.09. The van der Waals surface area contributed by atoms with Crippen molar-refractivity contribution in [3.63, 3.8) is 0 Å². The van der Waals surface area contributed by atoms with Crippen molar-refractivity contribution in [1.29, 1.82) is 0 Å². The van der Waals surface area contributed by atoms with Crippen LogP contribution in [0.3, 0.4) is 0 Å². The van der Waals surface area contributed by atoms with Crippen molar-refractivity contribution in [2.24, 2.45) is 0 Å². The zero-order valence-corrected chi connectivity index (χ0v) is 30.8. The highest BCUT2D eigenvalue weighted by Crippen LogP contribution is 2.45. The molecule has 4 nitrogen and oxygen atoms in total. The van der Waals surface area contributed by atoms with E-state index < -0.39 is 0 Å². The largest absolute Gasteiger partial charge is 0.456 e. The number of thiophene rings is 1. The fourth-order valence-corrected chi connectivity index (χ4v) is 9.55. The highest BCUT2D eigenvalue weighted by molar-refractivity contribution is 7.26. The van der Waals surface area contributed by atoms with E-state index in [1.54, 1.807) is 11.3 Å². The van der Waals surface area contributed by atoms with Gasteiger partial charge in [0.1, 0.15) is 16.7 Å². The van der Waals surface area contributed by atoms with Gasteiger partial charge in [0.05, 0.1) is 0 Å². The Hall–Kier alpha value is -7.21. The lowest BCUT2D eigenvalue weighted by atomic mass is 10.0. The molecule has 56 heavy (non-hydrogen) atoms. The van der Waals surface area contributed by atoms with Crippen LogP contribution in [0.5, 0.6) is 0 Å². The Morgan fingerprint density at radius 1 is 0.411 bits per heavy atom. The summed E-state index contributed by atoms with van der Waals surface area (Å²) in [5.41, 5.74) is 9.94. The first-order valence-electron chi connectivity index (χ1n) is 18.8. The van der Waals surface area contributed by atoms with Gasteiger partial charge in [-0.15, -0.1) is 11.3 Å². The van der Waals surface area contributed by atoms with E-state index in [0.29, 0.717) is 5.89 Å². The van der Waals surface area contributed by atoms with Gasteiger partial charge in [0, 0.05) is 65.0 Å². The van der Waals surface area contributed by atoms with E-state index in [1.165, 1.54) is 36.7 Å². The van der Waals surface area contributed by atoms with Gasteiger partial charge in [-0.3, -0.25) is 0 Å². The Balaban J connectivity index is 1.00. The zero-order chi connectivity index (χ0) is 36.7. The predicted molar refractivity (Wildman–Crippen MR) is 235 cm³/mol. The monoisotopic (exact) mass is 734 g/mol. The van der Waals surface area contributed by atoms with E-state index in [9.17, 15) is 0 Å². The van der Waals surface area contributed by atoms with Crippen LogP contribution in [0.25, 0.3) is 97.3 Å². The van der Waals surface area contributed by atoms with Crippen molar-refractivity contribution in [3.8, 4) is 22.6 Å². The van der Waals surface area contributed by atoms with E-state index in [-0.39, 0.29) is 0 Å². The second-order valence-corrected chi connectivity index (χ2v) is 15.4. The van der Waals surface area contributed by atoms with Gasteiger partial charge in [-0.05, 0) is 94.0 Å². The minimum absolute atomic E-state index is 0.637. The summed E-state index contributed by atoms with van der Waals surface area (Å²) in [6, 6.07) is 64.5. The first kappa shape index (κ1) is 31.2. The van der Waals surface area contributed by atoms with Crippen molar-refractivity contribution < 1.29 is 8.83 Å². The zero-order valence-electron chi connectivity index (χ0n) is 29.9. The van der Waals surface area contributed by atoms with Gasteiger partial charge in [0.15, 0.2) is 5.58 Å². The number of aromatic nitrogens is 1. The molecular weight excluding hydrogens is 705 g/mol. The van der Waals surface area contributed by atoms with Crippen LogP contribution in [0, 0.1) is 0 Å². The molecule has 0 aliphatic heterocycles. The normalized spacial score (nSPS) is 11.9. The molecule has 12 rings (SSSR count). The molecule has 0 atom stereocenters.